The van der Waals surface area contributed by atoms with Gasteiger partial charge in [0.1, 0.15) is 6.33 Å². The summed E-state index contributed by atoms with van der Waals surface area (Å²) in [7, 11) is 0. The van der Waals surface area contributed by atoms with Crippen LogP contribution in [0.15, 0.2) is 48.8 Å². The van der Waals surface area contributed by atoms with Gasteiger partial charge in [0.25, 0.3) is 0 Å². The third-order valence-corrected chi connectivity index (χ3v) is 4.04. The Kier molecular flexibility index (Phi) is 6.56. The number of ether oxygens (including phenoxy) is 2. The van der Waals surface area contributed by atoms with Crippen LogP contribution in [0.3, 0.4) is 0 Å². The highest BCUT2D eigenvalue weighted by molar-refractivity contribution is 5.91. The lowest BCUT2D eigenvalue weighted by molar-refractivity contribution is -0.116. The number of carbonyl (C=O) groups excluding carboxylic acids is 1. The molecule has 28 heavy (non-hydrogen) atoms. The number of aryl methyl sites for hydroxylation is 1. The second kappa shape index (κ2) is 9.50. The monoisotopic (exact) mass is 381 g/mol. The topological polar surface area (TPSA) is 91.2 Å². The van der Waals surface area contributed by atoms with Crippen LogP contribution in [0.4, 0.5) is 5.69 Å². The Morgan fingerprint density at radius 1 is 1.14 bits per heavy atom. The maximum atomic E-state index is 12.2. The Labute approximate surface area is 163 Å². The van der Waals surface area contributed by atoms with Gasteiger partial charge in [0, 0.05) is 12.1 Å². The molecule has 0 fully saturated rings. The minimum Gasteiger partial charge on any atom is -0.490 e. The van der Waals surface area contributed by atoms with Crippen LogP contribution in [-0.2, 0) is 4.79 Å². The van der Waals surface area contributed by atoms with E-state index in [4.69, 9.17) is 9.47 Å². The van der Waals surface area contributed by atoms with Gasteiger partial charge >= 0.3 is 0 Å². The van der Waals surface area contributed by atoms with Gasteiger partial charge in [0.15, 0.2) is 11.5 Å². The Bertz CT molecular complexity index is 912. The molecule has 0 saturated carbocycles. The Morgan fingerprint density at radius 3 is 2.64 bits per heavy atom. The summed E-state index contributed by atoms with van der Waals surface area (Å²) in [5.41, 5.74) is 2.52. The minimum absolute atomic E-state index is 0.0757. The molecule has 1 N–H and O–H groups in total. The van der Waals surface area contributed by atoms with Gasteiger partial charge in [0.05, 0.1) is 18.9 Å². The normalized spacial score (nSPS) is 10.5. The van der Waals surface area contributed by atoms with Gasteiger partial charge in [-0.25, -0.2) is 4.68 Å². The molecule has 2 aromatic carbocycles. The SMILES string of the molecule is CCOc1ccccc1OCCCC(=O)Nc1ccc(C)c(-n2cnnn2)c1. The maximum Gasteiger partial charge on any atom is 0.224 e. The Morgan fingerprint density at radius 2 is 1.93 bits per heavy atom. The van der Waals surface area contributed by atoms with Crippen LogP contribution in [0.5, 0.6) is 11.5 Å². The van der Waals surface area contributed by atoms with Crippen LogP contribution >= 0.6 is 0 Å². The van der Waals surface area contributed by atoms with Crippen LogP contribution in [0.25, 0.3) is 5.69 Å². The summed E-state index contributed by atoms with van der Waals surface area (Å²) in [5, 5.41) is 14.1. The molecule has 1 heterocycles. The Hall–Kier alpha value is -3.42. The lowest BCUT2D eigenvalue weighted by Gasteiger charge is -2.12. The number of benzene rings is 2. The smallest absolute Gasteiger partial charge is 0.224 e. The van der Waals surface area contributed by atoms with Crippen LogP contribution in [0.2, 0.25) is 0 Å². The molecule has 1 amide bonds. The summed E-state index contributed by atoms with van der Waals surface area (Å²) < 4.78 is 12.8. The number of para-hydroxylation sites is 2. The van der Waals surface area contributed by atoms with E-state index in [1.54, 1.807) is 4.68 Å². The number of nitrogens with one attached hydrogen (secondary N) is 1. The first-order valence-electron chi connectivity index (χ1n) is 9.16. The van der Waals surface area contributed by atoms with Crippen LogP contribution in [-0.4, -0.2) is 39.3 Å². The third kappa shape index (κ3) is 5.06. The van der Waals surface area contributed by atoms with Gasteiger partial charge in [-0.1, -0.05) is 18.2 Å². The lowest BCUT2D eigenvalue weighted by Crippen LogP contribution is -2.13. The first-order valence-corrected chi connectivity index (χ1v) is 9.16. The summed E-state index contributed by atoms with van der Waals surface area (Å²) in [5.74, 6) is 1.33. The summed E-state index contributed by atoms with van der Waals surface area (Å²) in [6.45, 7) is 4.89. The van der Waals surface area contributed by atoms with E-state index < -0.39 is 0 Å². The largest absolute Gasteiger partial charge is 0.490 e. The lowest BCUT2D eigenvalue weighted by atomic mass is 10.1. The van der Waals surface area contributed by atoms with E-state index >= 15 is 0 Å². The van der Waals surface area contributed by atoms with E-state index in [0.29, 0.717) is 43.2 Å². The maximum absolute atomic E-state index is 12.2. The predicted octanol–water partition coefficient (Wildman–Crippen LogP) is 3.17. The zero-order chi connectivity index (χ0) is 19.8. The molecule has 0 bridgehead atoms. The molecule has 3 rings (SSSR count). The van der Waals surface area contributed by atoms with Gasteiger partial charge in [-0.15, -0.1) is 5.10 Å². The molecular weight excluding hydrogens is 358 g/mol. The van der Waals surface area contributed by atoms with Crippen molar-refractivity contribution in [2.45, 2.75) is 26.7 Å². The highest BCUT2D eigenvalue weighted by Gasteiger charge is 2.08. The van der Waals surface area contributed by atoms with Crippen molar-refractivity contribution in [2.75, 3.05) is 18.5 Å². The zero-order valence-corrected chi connectivity index (χ0v) is 16.0. The fourth-order valence-electron chi connectivity index (χ4n) is 2.69. The molecule has 0 saturated heterocycles. The number of tetrazole rings is 1. The van der Waals surface area contributed by atoms with Crippen molar-refractivity contribution in [2.24, 2.45) is 0 Å². The van der Waals surface area contributed by atoms with E-state index in [0.717, 1.165) is 11.3 Å². The molecule has 0 aliphatic rings. The number of hydrogen-bond donors (Lipinski definition) is 1. The third-order valence-electron chi connectivity index (χ3n) is 4.04. The van der Waals surface area contributed by atoms with Gasteiger partial charge in [-0.05, 0) is 60.5 Å². The first kappa shape index (κ1) is 19.3. The molecule has 0 unspecified atom stereocenters. The van der Waals surface area contributed by atoms with Crippen LogP contribution in [0.1, 0.15) is 25.3 Å². The fourth-order valence-corrected chi connectivity index (χ4v) is 2.69. The van der Waals surface area contributed by atoms with Crippen LogP contribution < -0.4 is 14.8 Å². The van der Waals surface area contributed by atoms with E-state index in [9.17, 15) is 4.79 Å². The van der Waals surface area contributed by atoms with E-state index in [2.05, 4.69) is 20.8 Å². The molecule has 1 aromatic heterocycles. The van der Waals surface area contributed by atoms with Gasteiger partial charge in [0.2, 0.25) is 5.91 Å². The van der Waals surface area contributed by atoms with Crippen molar-refractivity contribution >= 4 is 11.6 Å². The zero-order valence-electron chi connectivity index (χ0n) is 16.0. The number of aromatic nitrogens is 4. The highest BCUT2D eigenvalue weighted by atomic mass is 16.5. The highest BCUT2D eigenvalue weighted by Crippen LogP contribution is 2.26. The quantitative estimate of drug-likeness (QED) is 0.573. The van der Waals surface area contributed by atoms with E-state index in [-0.39, 0.29) is 5.91 Å². The van der Waals surface area contributed by atoms with Gasteiger partial charge < -0.3 is 14.8 Å². The average molecular weight is 381 g/mol. The standard InChI is InChI=1S/C20H23N5O3/c1-3-27-18-7-4-5-8-19(18)28-12-6-9-20(26)22-16-11-10-15(2)17(13-16)25-14-21-23-24-25/h4-5,7-8,10-11,13-14H,3,6,9,12H2,1-2H3,(H,22,26). The summed E-state index contributed by atoms with van der Waals surface area (Å²) in [6, 6.07) is 13.1. The molecular formula is C20H23N5O3. The Balaban J connectivity index is 1.49. The summed E-state index contributed by atoms with van der Waals surface area (Å²) in [4.78, 5) is 12.2. The number of amides is 1. The van der Waals surface area contributed by atoms with Crippen molar-refractivity contribution in [3.05, 3.63) is 54.4 Å². The van der Waals surface area contributed by atoms with Gasteiger partial charge in [-0.3, -0.25) is 4.79 Å². The minimum atomic E-state index is -0.0757. The summed E-state index contributed by atoms with van der Waals surface area (Å²) >= 11 is 0. The number of nitrogens with zero attached hydrogens (tertiary/aromatic N) is 4. The molecule has 8 heteroatoms. The predicted molar refractivity (Wildman–Crippen MR) is 105 cm³/mol. The molecule has 146 valence electrons. The first-order chi connectivity index (χ1) is 13.7. The van der Waals surface area contributed by atoms with Crippen molar-refractivity contribution in [3.8, 4) is 17.2 Å². The molecule has 0 spiro atoms. The average Bonchev–Trinajstić information content (AvgIpc) is 3.23. The number of anilines is 1. The van der Waals surface area contributed by atoms with E-state index in [1.165, 1.54) is 6.33 Å². The van der Waals surface area contributed by atoms with Crippen molar-refractivity contribution in [1.82, 2.24) is 20.2 Å². The molecule has 0 aliphatic heterocycles. The number of hydrogen-bond acceptors (Lipinski definition) is 6. The van der Waals surface area contributed by atoms with Crippen molar-refractivity contribution < 1.29 is 14.3 Å². The second-order valence-corrected chi connectivity index (χ2v) is 6.14. The van der Waals surface area contributed by atoms with Crippen LogP contribution in [0, 0.1) is 6.92 Å². The van der Waals surface area contributed by atoms with Crippen molar-refractivity contribution in [3.63, 3.8) is 0 Å². The van der Waals surface area contributed by atoms with E-state index in [1.807, 2.05) is 56.3 Å². The number of rotatable bonds is 9. The van der Waals surface area contributed by atoms with Gasteiger partial charge in [-0.2, -0.15) is 0 Å². The second-order valence-electron chi connectivity index (χ2n) is 6.14. The molecule has 0 radical (unpaired) electrons. The summed E-state index contributed by atoms with van der Waals surface area (Å²) in [6.07, 6.45) is 2.47. The molecule has 0 aliphatic carbocycles. The molecule has 0 atom stereocenters. The molecule has 8 nitrogen and oxygen atoms in total. The molecule has 3 aromatic rings. The number of carbonyl (C=O) groups is 1. The fraction of sp³-hybridized carbons (Fsp3) is 0.300. The van der Waals surface area contributed by atoms with Crippen molar-refractivity contribution in [1.29, 1.82) is 0 Å².